The Morgan fingerprint density at radius 1 is 1.44 bits per heavy atom. The number of hydrogen-bond donors (Lipinski definition) is 1. The van der Waals surface area contributed by atoms with Crippen LogP contribution in [-0.2, 0) is 13.5 Å². The van der Waals surface area contributed by atoms with Crippen LogP contribution >= 0.6 is 0 Å². The lowest BCUT2D eigenvalue weighted by atomic mass is 10.1. The second-order valence-electron chi connectivity index (χ2n) is 3.97. The third kappa shape index (κ3) is 2.22. The monoisotopic (exact) mass is 246 g/mol. The molecule has 0 unspecified atom stereocenters. The molecular weight excluding hydrogens is 232 g/mol. The molecule has 2 heterocycles. The van der Waals surface area contributed by atoms with Crippen molar-refractivity contribution in [2.45, 2.75) is 19.8 Å². The largest absolute Gasteiger partial charge is 0.478 e. The van der Waals surface area contributed by atoms with Crippen LogP contribution in [0.25, 0.3) is 11.6 Å². The van der Waals surface area contributed by atoms with Gasteiger partial charge >= 0.3 is 5.97 Å². The SMILES string of the molecule is CCCc1nc(-c2nccn2C)ncc1C(=O)O. The van der Waals surface area contributed by atoms with Crippen molar-refractivity contribution in [2.75, 3.05) is 0 Å². The maximum absolute atomic E-state index is 11.1. The van der Waals surface area contributed by atoms with Crippen molar-refractivity contribution in [3.8, 4) is 11.6 Å². The highest BCUT2D eigenvalue weighted by Gasteiger charge is 2.15. The molecule has 2 aromatic rings. The average molecular weight is 246 g/mol. The zero-order chi connectivity index (χ0) is 13.1. The van der Waals surface area contributed by atoms with Crippen LogP contribution < -0.4 is 0 Å². The van der Waals surface area contributed by atoms with Gasteiger partial charge in [0.25, 0.3) is 0 Å². The van der Waals surface area contributed by atoms with Crippen molar-refractivity contribution in [3.05, 3.63) is 29.8 Å². The van der Waals surface area contributed by atoms with Gasteiger partial charge < -0.3 is 9.67 Å². The lowest BCUT2D eigenvalue weighted by Gasteiger charge is -2.06. The summed E-state index contributed by atoms with van der Waals surface area (Å²) in [4.78, 5) is 23.6. The minimum Gasteiger partial charge on any atom is -0.478 e. The molecule has 1 N–H and O–H groups in total. The molecule has 0 aliphatic heterocycles. The number of aryl methyl sites for hydroxylation is 2. The van der Waals surface area contributed by atoms with Gasteiger partial charge in [-0.1, -0.05) is 13.3 Å². The van der Waals surface area contributed by atoms with Crippen LogP contribution in [0.1, 0.15) is 29.4 Å². The molecule has 0 aliphatic carbocycles. The zero-order valence-electron chi connectivity index (χ0n) is 10.3. The summed E-state index contributed by atoms with van der Waals surface area (Å²) in [5.41, 5.74) is 0.716. The first-order valence-corrected chi connectivity index (χ1v) is 5.70. The van der Waals surface area contributed by atoms with E-state index in [2.05, 4.69) is 15.0 Å². The van der Waals surface area contributed by atoms with Crippen molar-refractivity contribution < 1.29 is 9.90 Å². The lowest BCUT2D eigenvalue weighted by Crippen LogP contribution is -2.08. The Labute approximate surface area is 104 Å². The summed E-state index contributed by atoms with van der Waals surface area (Å²) in [7, 11) is 1.84. The Morgan fingerprint density at radius 3 is 2.78 bits per heavy atom. The van der Waals surface area contributed by atoms with Gasteiger partial charge in [-0.25, -0.2) is 19.7 Å². The second kappa shape index (κ2) is 4.95. The van der Waals surface area contributed by atoms with Crippen molar-refractivity contribution in [3.63, 3.8) is 0 Å². The van der Waals surface area contributed by atoms with Gasteiger partial charge in [0.15, 0.2) is 11.6 Å². The molecule has 0 amide bonds. The topological polar surface area (TPSA) is 80.9 Å². The molecule has 0 aliphatic rings. The Balaban J connectivity index is 2.49. The third-order valence-corrected chi connectivity index (χ3v) is 2.61. The molecule has 6 heteroatoms. The molecule has 0 aromatic carbocycles. The molecule has 0 atom stereocenters. The Morgan fingerprint density at radius 2 is 2.22 bits per heavy atom. The highest BCUT2D eigenvalue weighted by molar-refractivity contribution is 5.88. The molecule has 94 valence electrons. The minimum atomic E-state index is -0.996. The summed E-state index contributed by atoms with van der Waals surface area (Å²) in [6.45, 7) is 1.98. The maximum Gasteiger partial charge on any atom is 0.339 e. The highest BCUT2D eigenvalue weighted by Crippen LogP contribution is 2.15. The van der Waals surface area contributed by atoms with E-state index in [1.54, 1.807) is 17.0 Å². The molecule has 0 spiro atoms. The lowest BCUT2D eigenvalue weighted by molar-refractivity contribution is 0.0694. The van der Waals surface area contributed by atoms with Gasteiger partial charge in [-0.05, 0) is 6.42 Å². The summed E-state index contributed by atoms with van der Waals surface area (Å²) in [5.74, 6) is 0.0880. The van der Waals surface area contributed by atoms with Gasteiger partial charge in [0.2, 0.25) is 0 Å². The predicted octanol–water partition coefficient (Wildman–Crippen LogP) is 1.53. The normalized spacial score (nSPS) is 10.6. The fraction of sp³-hybridized carbons (Fsp3) is 0.333. The van der Waals surface area contributed by atoms with Crippen LogP contribution in [0.4, 0.5) is 0 Å². The summed E-state index contributed by atoms with van der Waals surface area (Å²) >= 11 is 0. The quantitative estimate of drug-likeness (QED) is 0.884. The third-order valence-electron chi connectivity index (χ3n) is 2.61. The van der Waals surface area contributed by atoms with Crippen LogP contribution in [0.2, 0.25) is 0 Å². The van der Waals surface area contributed by atoms with Crippen LogP contribution in [-0.4, -0.2) is 30.6 Å². The number of nitrogens with zero attached hydrogens (tertiary/aromatic N) is 4. The van der Waals surface area contributed by atoms with E-state index < -0.39 is 5.97 Å². The molecular formula is C12H14N4O2. The van der Waals surface area contributed by atoms with Crippen molar-refractivity contribution >= 4 is 5.97 Å². The maximum atomic E-state index is 11.1. The number of aromatic nitrogens is 4. The van der Waals surface area contributed by atoms with Crippen molar-refractivity contribution in [1.82, 2.24) is 19.5 Å². The van der Waals surface area contributed by atoms with Crippen LogP contribution in [0.15, 0.2) is 18.6 Å². The molecule has 0 saturated heterocycles. The number of rotatable bonds is 4. The first-order valence-electron chi connectivity index (χ1n) is 5.70. The van der Waals surface area contributed by atoms with Gasteiger partial charge in [-0.3, -0.25) is 0 Å². The van der Waals surface area contributed by atoms with E-state index in [0.29, 0.717) is 23.8 Å². The van der Waals surface area contributed by atoms with Crippen molar-refractivity contribution in [2.24, 2.45) is 7.05 Å². The molecule has 0 saturated carbocycles. The highest BCUT2D eigenvalue weighted by atomic mass is 16.4. The van der Waals surface area contributed by atoms with E-state index in [9.17, 15) is 4.79 Å². The Kier molecular flexibility index (Phi) is 3.36. The number of carboxylic acid groups (broad SMARTS) is 1. The van der Waals surface area contributed by atoms with E-state index in [0.717, 1.165) is 6.42 Å². The molecule has 0 fully saturated rings. The van der Waals surface area contributed by atoms with Crippen LogP contribution in [0, 0.1) is 0 Å². The molecule has 6 nitrogen and oxygen atoms in total. The summed E-state index contributed by atoms with van der Waals surface area (Å²) in [5, 5.41) is 9.07. The van der Waals surface area contributed by atoms with E-state index in [1.807, 2.05) is 14.0 Å². The summed E-state index contributed by atoms with van der Waals surface area (Å²) in [6, 6.07) is 0. The van der Waals surface area contributed by atoms with Crippen LogP contribution in [0.5, 0.6) is 0 Å². The Hall–Kier alpha value is -2.24. The van der Waals surface area contributed by atoms with Gasteiger partial charge in [0, 0.05) is 25.6 Å². The summed E-state index contributed by atoms with van der Waals surface area (Å²) in [6.07, 6.45) is 6.25. The van der Waals surface area contributed by atoms with Gasteiger partial charge in [-0.15, -0.1) is 0 Å². The predicted molar refractivity (Wildman–Crippen MR) is 65.2 cm³/mol. The molecule has 0 radical (unpaired) electrons. The number of aromatic carboxylic acids is 1. The molecule has 18 heavy (non-hydrogen) atoms. The molecule has 0 bridgehead atoms. The van der Waals surface area contributed by atoms with Gasteiger partial charge in [0.05, 0.1) is 11.3 Å². The fourth-order valence-electron chi connectivity index (χ4n) is 1.71. The second-order valence-corrected chi connectivity index (χ2v) is 3.97. The molecule has 2 rings (SSSR count). The first kappa shape index (κ1) is 12.2. The number of hydrogen-bond acceptors (Lipinski definition) is 4. The zero-order valence-corrected chi connectivity index (χ0v) is 10.3. The number of carbonyl (C=O) groups is 1. The van der Waals surface area contributed by atoms with E-state index in [1.165, 1.54) is 6.20 Å². The van der Waals surface area contributed by atoms with E-state index >= 15 is 0 Å². The van der Waals surface area contributed by atoms with E-state index in [-0.39, 0.29) is 5.56 Å². The first-order chi connectivity index (χ1) is 8.63. The number of imidazole rings is 1. The van der Waals surface area contributed by atoms with Crippen LogP contribution in [0.3, 0.4) is 0 Å². The minimum absolute atomic E-state index is 0.162. The standard InChI is InChI=1S/C12H14N4O2/c1-3-4-9-8(12(17)18)7-14-10(15-9)11-13-5-6-16(11)2/h5-7H,3-4H2,1-2H3,(H,17,18). The smallest absolute Gasteiger partial charge is 0.339 e. The van der Waals surface area contributed by atoms with E-state index in [4.69, 9.17) is 5.11 Å². The van der Waals surface area contributed by atoms with Gasteiger partial charge in [-0.2, -0.15) is 0 Å². The average Bonchev–Trinajstić information content (AvgIpc) is 2.75. The fourth-order valence-corrected chi connectivity index (χ4v) is 1.71. The number of carboxylic acids is 1. The van der Waals surface area contributed by atoms with Gasteiger partial charge in [0.1, 0.15) is 0 Å². The molecule has 2 aromatic heterocycles. The van der Waals surface area contributed by atoms with Crippen molar-refractivity contribution in [1.29, 1.82) is 0 Å². The Bertz CT molecular complexity index is 577. The summed E-state index contributed by atoms with van der Waals surface area (Å²) < 4.78 is 1.80.